The fourth-order valence-electron chi connectivity index (χ4n) is 1.87. The Morgan fingerprint density at radius 1 is 1.32 bits per heavy atom. The smallest absolute Gasteiger partial charge is 0.247 e. The minimum absolute atomic E-state index is 0.117. The number of benzene rings is 1. The van der Waals surface area contributed by atoms with Gasteiger partial charge in [0.15, 0.2) is 0 Å². The maximum absolute atomic E-state index is 12.1. The van der Waals surface area contributed by atoms with Gasteiger partial charge in [-0.05, 0) is 24.3 Å². The second-order valence-electron chi connectivity index (χ2n) is 4.09. The maximum atomic E-state index is 12.1. The molecule has 2 amide bonds. The van der Waals surface area contributed by atoms with E-state index in [1.165, 1.54) is 11.8 Å². The topological polar surface area (TPSA) is 77.5 Å². The molecule has 1 aliphatic heterocycles. The van der Waals surface area contributed by atoms with Crippen LogP contribution in [0.2, 0.25) is 0 Å². The van der Waals surface area contributed by atoms with E-state index >= 15 is 0 Å². The van der Waals surface area contributed by atoms with Crippen LogP contribution in [-0.4, -0.2) is 28.8 Å². The van der Waals surface area contributed by atoms with Crippen LogP contribution in [0.1, 0.15) is 12.8 Å². The van der Waals surface area contributed by atoms with Gasteiger partial charge in [0.2, 0.25) is 11.8 Å². The second kappa shape index (κ2) is 5.88. The fourth-order valence-corrected chi connectivity index (χ4v) is 2.94. The van der Waals surface area contributed by atoms with Crippen LogP contribution in [0.3, 0.4) is 0 Å². The Labute approximate surface area is 114 Å². The molecule has 1 atom stereocenters. The number of anilines is 1. The van der Waals surface area contributed by atoms with Gasteiger partial charge in [-0.3, -0.25) is 9.59 Å². The van der Waals surface area contributed by atoms with Crippen molar-refractivity contribution in [2.45, 2.75) is 18.1 Å². The van der Waals surface area contributed by atoms with Gasteiger partial charge >= 0.3 is 0 Å². The molecule has 5 nitrogen and oxygen atoms in total. The molecule has 0 saturated carbocycles. The van der Waals surface area contributed by atoms with Crippen LogP contribution < -0.4 is 10.0 Å². The molecule has 0 bridgehead atoms. The number of aliphatic carboxylic acids is 1. The number of imide groups is 1. The predicted octanol–water partition coefficient (Wildman–Crippen LogP) is 0.192. The molecule has 6 heteroatoms. The van der Waals surface area contributed by atoms with E-state index in [1.807, 2.05) is 0 Å². The predicted molar refractivity (Wildman–Crippen MR) is 69.4 cm³/mol. The molecule has 1 fully saturated rings. The van der Waals surface area contributed by atoms with Crippen molar-refractivity contribution in [3.05, 3.63) is 30.3 Å². The van der Waals surface area contributed by atoms with Crippen molar-refractivity contribution in [1.82, 2.24) is 0 Å². The number of carboxylic acid groups (broad SMARTS) is 1. The number of para-hydroxylation sites is 1. The Morgan fingerprint density at radius 3 is 2.63 bits per heavy atom. The summed E-state index contributed by atoms with van der Waals surface area (Å²) in [5, 5.41) is 9.82. The molecule has 0 aliphatic carbocycles. The van der Waals surface area contributed by atoms with E-state index in [0.29, 0.717) is 5.69 Å². The molecule has 2 rings (SSSR count). The molecular weight excluding hydrogens is 266 g/mol. The largest absolute Gasteiger partial charge is 0.550 e. The lowest BCUT2D eigenvalue weighted by Crippen LogP contribution is -2.31. The molecule has 1 aromatic rings. The number of rotatable bonds is 5. The zero-order valence-corrected chi connectivity index (χ0v) is 10.9. The number of hydrogen-bond donors (Lipinski definition) is 0. The quantitative estimate of drug-likeness (QED) is 0.719. The summed E-state index contributed by atoms with van der Waals surface area (Å²) in [7, 11) is 0. The summed E-state index contributed by atoms with van der Waals surface area (Å²) in [6, 6.07) is 8.72. The summed E-state index contributed by atoms with van der Waals surface area (Å²) in [5.74, 6) is -1.40. The summed E-state index contributed by atoms with van der Waals surface area (Å²) in [4.78, 5) is 35.5. The number of carboxylic acids is 1. The highest BCUT2D eigenvalue weighted by Gasteiger charge is 2.39. The maximum Gasteiger partial charge on any atom is 0.247 e. The Hall–Kier alpha value is -1.82. The monoisotopic (exact) mass is 278 g/mol. The van der Waals surface area contributed by atoms with Crippen LogP contribution in [0, 0.1) is 0 Å². The molecule has 0 unspecified atom stereocenters. The Kier molecular flexibility index (Phi) is 4.21. The summed E-state index contributed by atoms with van der Waals surface area (Å²) in [6.45, 7) is 0. The van der Waals surface area contributed by atoms with Gasteiger partial charge in [0.05, 0.1) is 10.9 Å². The lowest BCUT2D eigenvalue weighted by atomic mass is 10.3. The van der Waals surface area contributed by atoms with E-state index in [0.717, 1.165) is 4.90 Å². The molecule has 0 spiro atoms. The van der Waals surface area contributed by atoms with Crippen molar-refractivity contribution in [3.63, 3.8) is 0 Å². The lowest BCUT2D eigenvalue weighted by Gasteiger charge is -2.14. The van der Waals surface area contributed by atoms with Crippen molar-refractivity contribution in [2.75, 3.05) is 10.7 Å². The van der Waals surface area contributed by atoms with E-state index in [9.17, 15) is 19.5 Å². The molecule has 0 N–H and O–H groups in total. The normalized spacial score (nSPS) is 18.9. The molecule has 1 aliphatic rings. The van der Waals surface area contributed by atoms with Crippen LogP contribution in [-0.2, 0) is 14.4 Å². The van der Waals surface area contributed by atoms with E-state index in [2.05, 4.69) is 0 Å². The van der Waals surface area contributed by atoms with E-state index in [-0.39, 0.29) is 30.4 Å². The van der Waals surface area contributed by atoms with Gasteiger partial charge in [-0.25, -0.2) is 4.90 Å². The molecule has 1 aromatic carbocycles. The second-order valence-corrected chi connectivity index (χ2v) is 5.40. The SMILES string of the molecule is O=C([O-])CCS[C@H]1CC(=O)N(c2ccccc2)C1=O. The zero-order chi connectivity index (χ0) is 13.8. The summed E-state index contributed by atoms with van der Waals surface area (Å²) < 4.78 is 0. The van der Waals surface area contributed by atoms with Crippen molar-refractivity contribution < 1.29 is 19.5 Å². The first-order chi connectivity index (χ1) is 9.09. The van der Waals surface area contributed by atoms with Crippen LogP contribution in [0.25, 0.3) is 0 Å². The van der Waals surface area contributed by atoms with E-state index < -0.39 is 11.2 Å². The van der Waals surface area contributed by atoms with Crippen LogP contribution in [0.15, 0.2) is 30.3 Å². The van der Waals surface area contributed by atoms with Gasteiger partial charge in [-0.2, -0.15) is 0 Å². The van der Waals surface area contributed by atoms with Crippen LogP contribution in [0.5, 0.6) is 0 Å². The minimum Gasteiger partial charge on any atom is -0.550 e. The van der Waals surface area contributed by atoms with Gasteiger partial charge in [-0.1, -0.05) is 18.2 Å². The first kappa shape index (κ1) is 13.6. The average Bonchev–Trinajstić information content (AvgIpc) is 2.65. The number of hydrogen-bond acceptors (Lipinski definition) is 5. The third-order valence-electron chi connectivity index (χ3n) is 2.74. The number of nitrogens with zero attached hydrogens (tertiary/aromatic N) is 1. The molecule has 19 heavy (non-hydrogen) atoms. The van der Waals surface area contributed by atoms with Crippen LogP contribution >= 0.6 is 11.8 Å². The highest BCUT2D eigenvalue weighted by Crippen LogP contribution is 2.29. The molecule has 0 aromatic heterocycles. The molecule has 1 heterocycles. The minimum atomic E-state index is -1.15. The first-order valence-electron chi connectivity index (χ1n) is 5.83. The Bertz CT molecular complexity index is 503. The third kappa shape index (κ3) is 3.14. The van der Waals surface area contributed by atoms with Crippen molar-refractivity contribution in [3.8, 4) is 0 Å². The number of carbonyl (C=O) groups excluding carboxylic acids is 3. The molecule has 1 saturated heterocycles. The van der Waals surface area contributed by atoms with E-state index in [4.69, 9.17) is 0 Å². The number of amides is 2. The summed E-state index contributed by atoms with van der Waals surface area (Å²) in [5.41, 5.74) is 0.556. The first-order valence-corrected chi connectivity index (χ1v) is 6.88. The third-order valence-corrected chi connectivity index (χ3v) is 3.96. The average molecular weight is 278 g/mol. The van der Waals surface area contributed by atoms with Crippen molar-refractivity contribution in [2.24, 2.45) is 0 Å². The number of carbonyl (C=O) groups is 3. The van der Waals surface area contributed by atoms with Gasteiger partial charge in [0, 0.05) is 12.4 Å². The van der Waals surface area contributed by atoms with Gasteiger partial charge < -0.3 is 9.90 Å². The highest BCUT2D eigenvalue weighted by molar-refractivity contribution is 8.00. The van der Waals surface area contributed by atoms with Gasteiger partial charge in [-0.15, -0.1) is 11.8 Å². The highest BCUT2D eigenvalue weighted by atomic mass is 32.2. The Balaban J connectivity index is 2.03. The summed E-state index contributed by atoms with van der Waals surface area (Å²) in [6.07, 6.45) is -0.000579. The Morgan fingerprint density at radius 2 is 2.00 bits per heavy atom. The van der Waals surface area contributed by atoms with Crippen LogP contribution in [0.4, 0.5) is 5.69 Å². The number of thioether (sulfide) groups is 1. The van der Waals surface area contributed by atoms with Gasteiger partial charge in [0.25, 0.3) is 0 Å². The lowest BCUT2D eigenvalue weighted by molar-refractivity contribution is -0.305. The molecular formula is C13H12NO4S-. The molecule has 100 valence electrons. The standard InChI is InChI=1S/C13H13NO4S/c15-11-8-10(19-7-6-12(16)17)13(18)14(11)9-4-2-1-3-5-9/h1-5,10H,6-8H2,(H,16,17)/p-1/t10-/m0/s1. The molecule has 0 radical (unpaired) electrons. The van der Waals surface area contributed by atoms with Crippen molar-refractivity contribution in [1.29, 1.82) is 0 Å². The summed E-state index contributed by atoms with van der Waals surface area (Å²) >= 11 is 1.19. The van der Waals surface area contributed by atoms with E-state index in [1.54, 1.807) is 30.3 Å². The van der Waals surface area contributed by atoms with Crippen molar-refractivity contribution >= 4 is 35.2 Å². The fraction of sp³-hybridized carbons (Fsp3) is 0.308. The zero-order valence-electron chi connectivity index (χ0n) is 10.1. The van der Waals surface area contributed by atoms with Gasteiger partial charge in [0.1, 0.15) is 0 Å².